The van der Waals surface area contributed by atoms with E-state index in [1.807, 2.05) is 0 Å². The SMILES string of the molecule is Cc1ccccc1-c1cccc(Nc2cccc(-c3ccccc3C)c2)c1. The summed E-state index contributed by atoms with van der Waals surface area (Å²) in [6, 6.07) is 34.2. The second-order valence-electron chi connectivity index (χ2n) is 6.92. The molecule has 4 aromatic carbocycles. The van der Waals surface area contributed by atoms with Crippen LogP contribution >= 0.6 is 0 Å². The molecule has 0 heterocycles. The van der Waals surface area contributed by atoms with Gasteiger partial charge < -0.3 is 5.32 Å². The summed E-state index contributed by atoms with van der Waals surface area (Å²) in [4.78, 5) is 0. The van der Waals surface area contributed by atoms with Crippen molar-refractivity contribution < 1.29 is 0 Å². The van der Waals surface area contributed by atoms with Crippen molar-refractivity contribution in [1.82, 2.24) is 0 Å². The van der Waals surface area contributed by atoms with Gasteiger partial charge in [-0.25, -0.2) is 0 Å². The molecule has 0 aliphatic heterocycles. The minimum absolute atomic E-state index is 1.10. The van der Waals surface area contributed by atoms with Crippen molar-refractivity contribution in [2.24, 2.45) is 0 Å². The summed E-state index contributed by atoms with van der Waals surface area (Å²) in [5.74, 6) is 0. The third-order valence-corrected chi connectivity index (χ3v) is 4.93. The van der Waals surface area contributed by atoms with Crippen LogP contribution in [0.4, 0.5) is 11.4 Å². The molecule has 1 N–H and O–H groups in total. The molecule has 0 saturated heterocycles. The third kappa shape index (κ3) is 3.78. The molecule has 0 aliphatic carbocycles. The number of hydrogen-bond acceptors (Lipinski definition) is 1. The number of rotatable bonds is 4. The summed E-state index contributed by atoms with van der Waals surface area (Å²) >= 11 is 0. The van der Waals surface area contributed by atoms with E-state index in [2.05, 4.69) is 116 Å². The van der Waals surface area contributed by atoms with E-state index in [1.165, 1.54) is 33.4 Å². The van der Waals surface area contributed by atoms with Gasteiger partial charge in [0.25, 0.3) is 0 Å². The molecule has 0 aromatic heterocycles. The lowest BCUT2D eigenvalue weighted by atomic mass is 9.99. The molecule has 0 atom stereocenters. The molecular weight excluding hydrogens is 326 g/mol. The van der Waals surface area contributed by atoms with Crippen molar-refractivity contribution in [2.45, 2.75) is 13.8 Å². The molecule has 0 aliphatic rings. The van der Waals surface area contributed by atoms with E-state index < -0.39 is 0 Å². The first-order valence-electron chi connectivity index (χ1n) is 9.30. The summed E-state index contributed by atoms with van der Waals surface area (Å²) in [5, 5.41) is 3.56. The Bertz CT molecular complexity index is 992. The van der Waals surface area contributed by atoms with Gasteiger partial charge in [0, 0.05) is 11.4 Å². The fraction of sp³-hybridized carbons (Fsp3) is 0.0769. The van der Waals surface area contributed by atoms with E-state index in [-0.39, 0.29) is 0 Å². The zero-order valence-electron chi connectivity index (χ0n) is 15.7. The van der Waals surface area contributed by atoms with Gasteiger partial charge in [0.2, 0.25) is 0 Å². The predicted molar refractivity (Wildman–Crippen MR) is 117 cm³/mol. The summed E-state index contributed by atoms with van der Waals surface area (Å²) in [7, 11) is 0. The molecule has 0 radical (unpaired) electrons. The molecule has 0 spiro atoms. The lowest BCUT2D eigenvalue weighted by molar-refractivity contribution is 1.45. The first-order chi connectivity index (χ1) is 13.2. The van der Waals surface area contributed by atoms with Gasteiger partial charge in [-0.1, -0.05) is 72.8 Å². The van der Waals surface area contributed by atoms with E-state index in [0.717, 1.165) is 11.4 Å². The number of aryl methyl sites for hydroxylation is 2. The Morgan fingerprint density at radius 2 is 0.926 bits per heavy atom. The van der Waals surface area contributed by atoms with Crippen molar-refractivity contribution in [3.8, 4) is 22.3 Å². The molecule has 1 nitrogen and oxygen atoms in total. The maximum atomic E-state index is 3.56. The van der Waals surface area contributed by atoms with Crippen LogP contribution in [0.1, 0.15) is 11.1 Å². The zero-order chi connectivity index (χ0) is 18.6. The normalized spacial score (nSPS) is 10.6. The van der Waals surface area contributed by atoms with Crippen molar-refractivity contribution in [2.75, 3.05) is 5.32 Å². The summed E-state index contributed by atoms with van der Waals surface area (Å²) in [6.45, 7) is 4.31. The number of benzene rings is 4. The molecule has 4 rings (SSSR count). The zero-order valence-corrected chi connectivity index (χ0v) is 15.7. The molecule has 4 aromatic rings. The van der Waals surface area contributed by atoms with Crippen molar-refractivity contribution in [3.63, 3.8) is 0 Å². The van der Waals surface area contributed by atoms with Crippen molar-refractivity contribution in [3.05, 3.63) is 108 Å². The summed E-state index contributed by atoms with van der Waals surface area (Å²) in [6.07, 6.45) is 0. The predicted octanol–water partition coefficient (Wildman–Crippen LogP) is 7.38. The fourth-order valence-electron chi connectivity index (χ4n) is 3.49. The van der Waals surface area contributed by atoms with Crippen LogP contribution in [0.3, 0.4) is 0 Å². The Hall–Kier alpha value is -3.32. The van der Waals surface area contributed by atoms with Gasteiger partial charge in [-0.2, -0.15) is 0 Å². The Morgan fingerprint density at radius 3 is 1.37 bits per heavy atom. The average Bonchev–Trinajstić information content (AvgIpc) is 2.69. The molecule has 0 fully saturated rings. The van der Waals surface area contributed by atoms with Crippen LogP contribution in [0.15, 0.2) is 97.1 Å². The highest BCUT2D eigenvalue weighted by Gasteiger charge is 2.05. The van der Waals surface area contributed by atoms with Crippen LogP contribution in [0, 0.1) is 13.8 Å². The second-order valence-corrected chi connectivity index (χ2v) is 6.92. The first-order valence-corrected chi connectivity index (χ1v) is 9.30. The highest BCUT2D eigenvalue weighted by Crippen LogP contribution is 2.29. The Morgan fingerprint density at radius 1 is 0.481 bits per heavy atom. The highest BCUT2D eigenvalue weighted by molar-refractivity contribution is 5.75. The van der Waals surface area contributed by atoms with Gasteiger partial charge in [0.15, 0.2) is 0 Å². The van der Waals surface area contributed by atoms with Crippen LogP contribution < -0.4 is 5.32 Å². The van der Waals surface area contributed by atoms with Crippen molar-refractivity contribution in [1.29, 1.82) is 0 Å². The third-order valence-electron chi connectivity index (χ3n) is 4.93. The first kappa shape index (κ1) is 17.1. The monoisotopic (exact) mass is 349 g/mol. The lowest BCUT2D eigenvalue weighted by Gasteiger charge is -2.12. The van der Waals surface area contributed by atoms with Gasteiger partial charge >= 0.3 is 0 Å². The molecule has 0 saturated carbocycles. The molecular formula is C26H23N. The van der Waals surface area contributed by atoms with Gasteiger partial charge in [-0.3, -0.25) is 0 Å². The van der Waals surface area contributed by atoms with E-state index in [9.17, 15) is 0 Å². The lowest BCUT2D eigenvalue weighted by Crippen LogP contribution is -1.92. The maximum absolute atomic E-state index is 3.56. The minimum atomic E-state index is 1.10. The van der Waals surface area contributed by atoms with Crippen LogP contribution in [0.5, 0.6) is 0 Å². The van der Waals surface area contributed by atoms with E-state index >= 15 is 0 Å². The van der Waals surface area contributed by atoms with Crippen molar-refractivity contribution >= 4 is 11.4 Å². The topological polar surface area (TPSA) is 12.0 Å². The number of nitrogens with one attached hydrogen (secondary N) is 1. The Labute approximate surface area is 161 Å². The fourth-order valence-corrected chi connectivity index (χ4v) is 3.49. The van der Waals surface area contributed by atoms with Gasteiger partial charge in [0.1, 0.15) is 0 Å². The Kier molecular flexibility index (Phi) is 4.76. The van der Waals surface area contributed by atoms with Crippen LogP contribution in [0.2, 0.25) is 0 Å². The molecule has 132 valence electrons. The standard InChI is InChI=1S/C26H23N/c1-19-9-3-5-15-25(19)21-11-7-13-23(17-21)27-24-14-8-12-22(18-24)26-16-6-4-10-20(26)2/h3-18,27H,1-2H3. The molecule has 27 heavy (non-hydrogen) atoms. The van der Waals surface area contributed by atoms with Gasteiger partial charge in [-0.05, 0) is 71.5 Å². The molecule has 0 bridgehead atoms. The smallest absolute Gasteiger partial charge is 0.0390 e. The maximum Gasteiger partial charge on any atom is 0.0390 e. The number of anilines is 2. The van der Waals surface area contributed by atoms with E-state index in [0.29, 0.717) is 0 Å². The van der Waals surface area contributed by atoms with Gasteiger partial charge in [-0.15, -0.1) is 0 Å². The summed E-state index contributed by atoms with van der Waals surface area (Å²) < 4.78 is 0. The van der Waals surface area contributed by atoms with E-state index in [1.54, 1.807) is 0 Å². The van der Waals surface area contributed by atoms with E-state index in [4.69, 9.17) is 0 Å². The van der Waals surface area contributed by atoms with Gasteiger partial charge in [0.05, 0.1) is 0 Å². The molecule has 0 amide bonds. The molecule has 1 heteroatoms. The largest absolute Gasteiger partial charge is 0.355 e. The van der Waals surface area contributed by atoms with Crippen LogP contribution in [-0.4, -0.2) is 0 Å². The minimum Gasteiger partial charge on any atom is -0.355 e. The highest BCUT2D eigenvalue weighted by atomic mass is 14.9. The second kappa shape index (κ2) is 7.51. The Balaban J connectivity index is 1.64. The molecule has 0 unspecified atom stereocenters. The summed E-state index contributed by atoms with van der Waals surface area (Å²) in [5.41, 5.74) is 9.77. The van der Waals surface area contributed by atoms with Crippen LogP contribution in [-0.2, 0) is 0 Å². The quantitative estimate of drug-likeness (QED) is 0.405. The van der Waals surface area contributed by atoms with Crippen LogP contribution in [0.25, 0.3) is 22.3 Å². The average molecular weight is 349 g/mol. The number of hydrogen-bond donors (Lipinski definition) is 1.